The molecule has 2 aromatic heterocycles. The fourth-order valence-corrected chi connectivity index (χ4v) is 3.12. The van der Waals surface area contributed by atoms with Crippen LogP contribution in [0.5, 0.6) is 5.75 Å². The number of hydrogen-bond acceptors (Lipinski definition) is 4. The highest BCUT2D eigenvalue weighted by Crippen LogP contribution is 2.23. The van der Waals surface area contributed by atoms with Crippen LogP contribution in [-0.2, 0) is 13.3 Å². The highest BCUT2D eigenvalue weighted by atomic mass is 35.5. The number of ether oxygens (including phenoxy) is 1. The van der Waals surface area contributed by atoms with Gasteiger partial charge in [-0.25, -0.2) is 4.68 Å². The zero-order chi connectivity index (χ0) is 20.9. The summed E-state index contributed by atoms with van der Waals surface area (Å²) in [5.74, 6) is 0.200. The molecule has 0 atom stereocenters. The first-order valence-electron chi connectivity index (χ1n) is 9.06. The van der Waals surface area contributed by atoms with Crippen LogP contribution in [-0.4, -0.2) is 25.5 Å². The van der Waals surface area contributed by atoms with Gasteiger partial charge < -0.3 is 10.1 Å². The predicted molar refractivity (Wildman–Crippen MR) is 115 cm³/mol. The average Bonchev–Trinajstić information content (AvgIpc) is 3.38. The van der Waals surface area contributed by atoms with E-state index in [1.807, 2.05) is 36.4 Å². The molecule has 0 aliphatic heterocycles. The Labute approximate surface area is 182 Å². The van der Waals surface area contributed by atoms with Crippen LogP contribution in [0, 0.1) is 0 Å². The normalized spacial score (nSPS) is 10.7. The number of carbonyl (C=O) groups excluding carboxylic acids is 1. The highest BCUT2D eigenvalue weighted by Gasteiger charge is 2.14. The second kappa shape index (κ2) is 9.02. The molecule has 2 heterocycles. The second-order valence-electron chi connectivity index (χ2n) is 6.43. The SMILES string of the molecule is O=C(Nc1cnn(Cc2ccc(Cl)cc2)c1)c1ccnn1COc1ccccc1Cl. The summed E-state index contributed by atoms with van der Waals surface area (Å²) >= 11 is 12.0. The topological polar surface area (TPSA) is 74.0 Å². The molecule has 0 aliphatic carbocycles. The van der Waals surface area contributed by atoms with Gasteiger partial charge in [-0.15, -0.1) is 0 Å². The number of rotatable bonds is 7. The molecule has 0 saturated carbocycles. The van der Waals surface area contributed by atoms with Gasteiger partial charge in [-0.3, -0.25) is 9.48 Å². The maximum atomic E-state index is 12.7. The van der Waals surface area contributed by atoms with E-state index < -0.39 is 0 Å². The second-order valence-corrected chi connectivity index (χ2v) is 7.27. The third kappa shape index (κ3) is 4.82. The van der Waals surface area contributed by atoms with Crippen LogP contribution in [0.1, 0.15) is 16.1 Å². The Kier molecular flexibility index (Phi) is 6.02. The summed E-state index contributed by atoms with van der Waals surface area (Å²) < 4.78 is 8.85. The zero-order valence-corrected chi connectivity index (χ0v) is 17.2. The fraction of sp³-hybridized carbons (Fsp3) is 0.0952. The zero-order valence-electron chi connectivity index (χ0n) is 15.7. The summed E-state index contributed by atoms with van der Waals surface area (Å²) in [5.41, 5.74) is 1.98. The van der Waals surface area contributed by atoms with Crippen LogP contribution in [0.25, 0.3) is 0 Å². The molecule has 4 rings (SSSR count). The standard InChI is InChI=1S/C21H17Cl2N5O2/c22-16-7-5-15(6-8-16)12-27-13-17(11-25-27)26-21(29)19-9-10-24-28(19)14-30-20-4-2-1-3-18(20)23/h1-11,13H,12,14H2,(H,26,29). The Morgan fingerprint density at radius 3 is 2.63 bits per heavy atom. The van der Waals surface area contributed by atoms with E-state index in [-0.39, 0.29) is 12.6 Å². The quantitative estimate of drug-likeness (QED) is 0.450. The van der Waals surface area contributed by atoms with Crippen molar-refractivity contribution in [1.29, 1.82) is 0 Å². The first-order chi connectivity index (χ1) is 14.6. The minimum Gasteiger partial charge on any atom is -0.470 e. The van der Waals surface area contributed by atoms with Crippen molar-refractivity contribution in [3.05, 3.63) is 94.5 Å². The van der Waals surface area contributed by atoms with Gasteiger partial charge in [0.25, 0.3) is 5.91 Å². The van der Waals surface area contributed by atoms with Crippen molar-refractivity contribution < 1.29 is 9.53 Å². The van der Waals surface area contributed by atoms with E-state index in [4.69, 9.17) is 27.9 Å². The van der Waals surface area contributed by atoms with Gasteiger partial charge in [0.1, 0.15) is 11.4 Å². The van der Waals surface area contributed by atoms with Crippen LogP contribution >= 0.6 is 23.2 Å². The van der Waals surface area contributed by atoms with Gasteiger partial charge in [0, 0.05) is 17.4 Å². The lowest BCUT2D eigenvalue weighted by Gasteiger charge is -2.10. The third-order valence-corrected chi connectivity index (χ3v) is 4.84. The summed E-state index contributed by atoms with van der Waals surface area (Å²) in [5, 5.41) is 12.4. The van der Waals surface area contributed by atoms with Gasteiger partial charge in [-0.2, -0.15) is 10.2 Å². The van der Waals surface area contributed by atoms with E-state index in [1.165, 1.54) is 10.9 Å². The number of hydrogen-bond donors (Lipinski definition) is 1. The van der Waals surface area contributed by atoms with Crippen molar-refractivity contribution in [1.82, 2.24) is 19.6 Å². The molecular formula is C21H17Cl2N5O2. The van der Waals surface area contributed by atoms with Crippen LogP contribution in [0.15, 0.2) is 73.2 Å². The summed E-state index contributed by atoms with van der Waals surface area (Å²) in [6.45, 7) is 0.617. The molecule has 0 unspecified atom stereocenters. The number of benzene rings is 2. The Balaban J connectivity index is 1.39. The first kappa shape index (κ1) is 20.0. The maximum absolute atomic E-state index is 12.7. The van der Waals surface area contributed by atoms with Crippen molar-refractivity contribution in [3.63, 3.8) is 0 Å². The number of nitrogens with one attached hydrogen (secondary N) is 1. The van der Waals surface area contributed by atoms with Gasteiger partial charge >= 0.3 is 0 Å². The lowest BCUT2D eigenvalue weighted by molar-refractivity contribution is 0.100. The molecule has 1 N–H and O–H groups in total. The van der Waals surface area contributed by atoms with E-state index in [0.717, 1.165) is 5.56 Å². The first-order valence-corrected chi connectivity index (χ1v) is 9.81. The minimum absolute atomic E-state index is 0.0509. The van der Waals surface area contributed by atoms with E-state index in [0.29, 0.717) is 33.7 Å². The van der Waals surface area contributed by atoms with Gasteiger partial charge in [0.2, 0.25) is 0 Å². The monoisotopic (exact) mass is 441 g/mol. The third-order valence-electron chi connectivity index (χ3n) is 4.28. The number of halogens is 2. The molecule has 0 radical (unpaired) electrons. The van der Waals surface area contributed by atoms with Crippen molar-refractivity contribution >= 4 is 34.8 Å². The molecule has 152 valence electrons. The van der Waals surface area contributed by atoms with Crippen LogP contribution in [0.4, 0.5) is 5.69 Å². The molecule has 1 amide bonds. The summed E-state index contributed by atoms with van der Waals surface area (Å²) in [7, 11) is 0. The largest absolute Gasteiger partial charge is 0.470 e. The van der Waals surface area contributed by atoms with Crippen LogP contribution in [0.3, 0.4) is 0 Å². The molecule has 0 bridgehead atoms. The Bertz CT molecular complexity index is 1150. The minimum atomic E-state index is -0.318. The Morgan fingerprint density at radius 1 is 1.03 bits per heavy atom. The van der Waals surface area contributed by atoms with E-state index in [2.05, 4.69) is 15.5 Å². The molecule has 0 spiro atoms. The fourth-order valence-electron chi connectivity index (χ4n) is 2.81. The number of nitrogens with zero attached hydrogens (tertiary/aromatic N) is 4. The molecule has 0 saturated heterocycles. The number of amides is 1. The van der Waals surface area contributed by atoms with Crippen LogP contribution < -0.4 is 10.1 Å². The Hall–Kier alpha value is -3.29. The number of carbonyl (C=O) groups is 1. The van der Waals surface area contributed by atoms with Crippen molar-refractivity contribution in [3.8, 4) is 5.75 Å². The van der Waals surface area contributed by atoms with Crippen molar-refractivity contribution in [2.75, 3.05) is 5.32 Å². The molecule has 4 aromatic rings. The Morgan fingerprint density at radius 2 is 1.83 bits per heavy atom. The molecular weight excluding hydrogens is 425 g/mol. The smallest absolute Gasteiger partial charge is 0.274 e. The molecule has 7 nitrogen and oxygen atoms in total. The van der Waals surface area contributed by atoms with E-state index in [9.17, 15) is 4.79 Å². The highest BCUT2D eigenvalue weighted by molar-refractivity contribution is 6.32. The summed E-state index contributed by atoms with van der Waals surface area (Å²) in [4.78, 5) is 12.7. The van der Waals surface area contributed by atoms with Gasteiger partial charge in [-0.05, 0) is 35.9 Å². The summed E-state index contributed by atoms with van der Waals surface area (Å²) in [6, 6.07) is 16.2. The number of para-hydroxylation sites is 1. The molecule has 9 heteroatoms. The lowest BCUT2D eigenvalue weighted by Crippen LogP contribution is -2.19. The molecule has 0 fully saturated rings. The van der Waals surface area contributed by atoms with Crippen LogP contribution in [0.2, 0.25) is 10.0 Å². The molecule has 30 heavy (non-hydrogen) atoms. The van der Waals surface area contributed by atoms with E-state index >= 15 is 0 Å². The van der Waals surface area contributed by atoms with Gasteiger partial charge in [-0.1, -0.05) is 47.5 Å². The van der Waals surface area contributed by atoms with Gasteiger partial charge in [0.05, 0.1) is 23.5 Å². The average molecular weight is 442 g/mol. The van der Waals surface area contributed by atoms with Gasteiger partial charge in [0.15, 0.2) is 6.73 Å². The number of aromatic nitrogens is 4. The lowest BCUT2D eigenvalue weighted by atomic mass is 10.2. The van der Waals surface area contributed by atoms with Crippen molar-refractivity contribution in [2.24, 2.45) is 0 Å². The summed E-state index contributed by atoms with van der Waals surface area (Å²) in [6.07, 6.45) is 4.89. The van der Waals surface area contributed by atoms with Crippen molar-refractivity contribution in [2.45, 2.75) is 13.3 Å². The molecule has 0 aliphatic rings. The predicted octanol–water partition coefficient (Wildman–Crippen LogP) is 4.72. The maximum Gasteiger partial charge on any atom is 0.274 e. The number of anilines is 1. The molecule has 2 aromatic carbocycles. The van der Waals surface area contributed by atoms with E-state index in [1.54, 1.807) is 35.3 Å².